The minimum atomic E-state index is -0.839. The number of aliphatic hydroxyl groups excluding tert-OH is 1. The average molecular weight is 505 g/mol. The van der Waals surface area contributed by atoms with Crippen molar-refractivity contribution in [3.8, 4) is 0 Å². The molecule has 3 rings (SSSR count). The molecule has 0 unspecified atom stereocenters. The van der Waals surface area contributed by atoms with E-state index in [9.17, 15) is 19.5 Å². The molecule has 29 heavy (non-hydrogen) atoms. The van der Waals surface area contributed by atoms with Gasteiger partial charge in [0.15, 0.2) is 5.78 Å². The number of hydrogen-bond acceptors (Lipinski definition) is 7. The van der Waals surface area contributed by atoms with Crippen molar-refractivity contribution in [3.63, 3.8) is 0 Å². The van der Waals surface area contributed by atoms with E-state index in [1.54, 1.807) is 0 Å². The SMILES string of the molecule is C=CCOC(=O)N1CCC[C@H](O)[C@H]1CC(=O)Cn1cnc2c(Br)c(Cl)sc2c1=O. The zero-order valence-electron chi connectivity index (χ0n) is 15.3. The Morgan fingerprint density at radius 2 is 2.28 bits per heavy atom. The van der Waals surface area contributed by atoms with Gasteiger partial charge in [-0.15, -0.1) is 11.3 Å². The van der Waals surface area contributed by atoms with Crippen molar-refractivity contribution < 1.29 is 19.4 Å². The number of aromatic nitrogens is 2. The number of carbonyl (C=O) groups excluding carboxylic acids is 2. The second-order valence-electron chi connectivity index (χ2n) is 6.62. The van der Waals surface area contributed by atoms with E-state index in [2.05, 4.69) is 27.5 Å². The number of Topliss-reactive ketones (excluding diaryl/α,β-unsaturated/α-hetero) is 1. The van der Waals surface area contributed by atoms with Crippen LogP contribution in [0.25, 0.3) is 10.2 Å². The van der Waals surface area contributed by atoms with E-state index in [1.807, 2.05) is 0 Å². The number of piperidine rings is 1. The number of halogens is 2. The van der Waals surface area contributed by atoms with E-state index >= 15 is 0 Å². The van der Waals surface area contributed by atoms with E-state index in [-0.39, 0.29) is 30.9 Å². The molecule has 0 aliphatic carbocycles. The molecule has 0 aromatic carbocycles. The molecule has 0 radical (unpaired) electrons. The predicted molar refractivity (Wildman–Crippen MR) is 113 cm³/mol. The molecule has 1 fully saturated rings. The summed E-state index contributed by atoms with van der Waals surface area (Å²) in [5, 5.41) is 10.3. The third-order valence-corrected chi connectivity index (χ3v) is 7.29. The Morgan fingerprint density at radius 1 is 1.52 bits per heavy atom. The number of fused-ring (bicyclic) bond motifs is 1. The van der Waals surface area contributed by atoms with Crippen LogP contribution in [-0.4, -0.2) is 56.7 Å². The molecule has 11 heteroatoms. The highest BCUT2D eigenvalue weighted by atomic mass is 79.9. The van der Waals surface area contributed by atoms with Crippen molar-refractivity contribution in [2.75, 3.05) is 13.2 Å². The van der Waals surface area contributed by atoms with Crippen molar-refractivity contribution in [2.45, 2.75) is 38.0 Å². The number of thiophene rings is 1. The fourth-order valence-electron chi connectivity index (χ4n) is 3.27. The quantitative estimate of drug-likeness (QED) is 0.607. The van der Waals surface area contributed by atoms with E-state index in [0.29, 0.717) is 38.4 Å². The maximum absolute atomic E-state index is 12.6. The number of carbonyl (C=O) groups is 2. The summed E-state index contributed by atoms with van der Waals surface area (Å²) in [6, 6.07) is -0.703. The zero-order chi connectivity index (χ0) is 21.1. The van der Waals surface area contributed by atoms with Crippen LogP contribution < -0.4 is 5.56 Å². The Morgan fingerprint density at radius 3 is 3.00 bits per heavy atom. The van der Waals surface area contributed by atoms with Gasteiger partial charge in [0.1, 0.15) is 21.2 Å². The molecule has 2 atom stereocenters. The second kappa shape index (κ2) is 9.38. The van der Waals surface area contributed by atoms with Crippen molar-refractivity contribution in [2.24, 2.45) is 0 Å². The summed E-state index contributed by atoms with van der Waals surface area (Å²) in [6.45, 7) is 3.72. The lowest BCUT2D eigenvalue weighted by Gasteiger charge is -2.37. The van der Waals surface area contributed by atoms with Gasteiger partial charge >= 0.3 is 6.09 Å². The Hall–Kier alpha value is -1.75. The highest BCUT2D eigenvalue weighted by molar-refractivity contribution is 9.10. The molecule has 0 spiro atoms. The normalized spacial score (nSPS) is 19.3. The maximum atomic E-state index is 12.6. The van der Waals surface area contributed by atoms with E-state index < -0.39 is 18.2 Å². The minimum absolute atomic E-state index is 0.0477. The Balaban J connectivity index is 1.75. The van der Waals surface area contributed by atoms with Gasteiger partial charge in [-0.1, -0.05) is 24.3 Å². The molecule has 0 saturated carbocycles. The molecule has 3 heterocycles. The number of likely N-dealkylation sites (tertiary alicyclic amines) is 1. The predicted octanol–water partition coefficient (Wildman–Crippen LogP) is 2.98. The summed E-state index contributed by atoms with van der Waals surface area (Å²) in [6.07, 6.45) is 2.31. The first-order valence-corrected chi connectivity index (χ1v) is 10.9. The molecule has 1 aliphatic rings. The van der Waals surface area contributed by atoms with Gasteiger partial charge in [-0.2, -0.15) is 0 Å². The fraction of sp³-hybridized carbons (Fsp3) is 0.444. The molecule has 1 aliphatic heterocycles. The Kier molecular flexibility index (Phi) is 7.10. The monoisotopic (exact) mass is 503 g/mol. The van der Waals surface area contributed by atoms with Crippen LogP contribution in [0.1, 0.15) is 19.3 Å². The van der Waals surface area contributed by atoms with Gasteiger partial charge in [0, 0.05) is 13.0 Å². The fourth-order valence-corrected chi connectivity index (χ4v) is 5.09. The van der Waals surface area contributed by atoms with Gasteiger partial charge < -0.3 is 14.7 Å². The van der Waals surface area contributed by atoms with Crippen LogP contribution in [-0.2, 0) is 16.1 Å². The number of amides is 1. The standard InChI is InChI=1S/C18H19BrClN3O5S/c1-2-6-28-18(27)23-5-3-4-12(25)11(23)7-10(24)8-22-9-21-14-13(19)16(20)29-15(14)17(22)26/h2,9,11-12,25H,1,3-8H2/t11-,12+/m1/s1. The van der Waals surface area contributed by atoms with Crippen LogP contribution in [0, 0.1) is 0 Å². The molecule has 1 amide bonds. The number of rotatable bonds is 6. The molecule has 8 nitrogen and oxygen atoms in total. The molecule has 1 saturated heterocycles. The smallest absolute Gasteiger partial charge is 0.410 e. The molecular formula is C18H19BrClN3O5S. The summed E-state index contributed by atoms with van der Waals surface area (Å²) in [5.41, 5.74) is 0.0833. The Labute approximate surface area is 183 Å². The third-order valence-electron chi connectivity index (χ3n) is 4.65. The molecule has 156 valence electrons. The van der Waals surface area contributed by atoms with Crippen molar-refractivity contribution in [1.82, 2.24) is 14.5 Å². The number of hydrogen-bond donors (Lipinski definition) is 1. The van der Waals surface area contributed by atoms with E-state index in [1.165, 1.54) is 21.9 Å². The first kappa shape index (κ1) is 21.9. The van der Waals surface area contributed by atoms with E-state index in [4.69, 9.17) is 16.3 Å². The first-order valence-electron chi connectivity index (χ1n) is 8.90. The largest absolute Gasteiger partial charge is 0.445 e. The topological polar surface area (TPSA) is 102 Å². The molecular weight excluding hydrogens is 486 g/mol. The highest BCUT2D eigenvalue weighted by Crippen LogP contribution is 2.36. The number of ketones is 1. The lowest BCUT2D eigenvalue weighted by Crippen LogP contribution is -2.52. The van der Waals surface area contributed by atoms with Gasteiger partial charge in [-0.25, -0.2) is 9.78 Å². The van der Waals surface area contributed by atoms with Crippen LogP contribution in [0.2, 0.25) is 4.34 Å². The summed E-state index contributed by atoms with van der Waals surface area (Å²) < 4.78 is 7.57. The summed E-state index contributed by atoms with van der Waals surface area (Å²) in [4.78, 5) is 43.1. The van der Waals surface area contributed by atoms with Gasteiger partial charge in [0.25, 0.3) is 5.56 Å². The van der Waals surface area contributed by atoms with Crippen LogP contribution in [0.3, 0.4) is 0 Å². The Bertz CT molecular complexity index is 1010. The van der Waals surface area contributed by atoms with Gasteiger partial charge in [0.05, 0.1) is 29.5 Å². The van der Waals surface area contributed by atoms with Crippen LogP contribution in [0.5, 0.6) is 0 Å². The third kappa shape index (κ3) is 4.71. The van der Waals surface area contributed by atoms with Crippen LogP contribution in [0.15, 0.2) is 28.2 Å². The maximum Gasteiger partial charge on any atom is 0.410 e. The molecule has 0 bridgehead atoms. The summed E-state index contributed by atoms with van der Waals surface area (Å²) >= 11 is 10.4. The number of ether oxygens (including phenoxy) is 1. The molecule has 2 aromatic heterocycles. The second-order valence-corrected chi connectivity index (χ2v) is 9.04. The minimum Gasteiger partial charge on any atom is -0.445 e. The van der Waals surface area contributed by atoms with Crippen LogP contribution >= 0.6 is 38.9 Å². The lowest BCUT2D eigenvalue weighted by molar-refractivity contribution is -0.122. The highest BCUT2D eigenvalue weighted by Gasteiger charge is 2.35. The van der Waals surface area contributed by atoms with E-state index in [0.717, 1.165) is 11.3 Å². The number of nitrogens with zero attached hydrogens (tertiary/aromatic N) is 3. The van der Waals surface area contributed by atoms with Crippen molar-refractivity contribution in [1.29, 1.82) is 0 Å². The average Bonchev–Trinajstić information content (AvgIpc) is 2.98. The van der Waals surface area contributed by atoms with Crippen molar-refractivity contribution in [3.05, 3.63) is 38.1 Å². The number of aliphatic hydroxyl groups is 1. The van der Waals surface area contributed by atoms with Gasteiger partial charge in [0.2, 0.25) is 0 Å². The lowest BCUT2D eigenvalue weighted by atomic mass is 9.95. The summed E-state index contributed by atoms with van der Waals surface area (Å²) in [7, 11) is 0. The van der Waals surface area contributed by atoms with Crippen LogP contribution in [0.4, 0.5) is 4.79 Å². The summed E-state index contributed by atoms with van der Waals surface area (Å²) in [5.74, 6) is -0.303. The first-order chi connectivity index (χ1) is 13.8. The molecule has 1 N–H and O–H groups in total. The van der Waals surface area contributed by atoms with Gasteiger partial charge in [-0.05, 0) is 28.8 Å². The zero-order valence-corrected chi connectivity index (χ0v) is 18.5. The molecule has 2 aromatic rings. The van der Waals surface area contributed by atoms with Gasteiger partial charge in [-0.3, -0.25) is 14.2 Å². The van der Waals surface area contributed by atoms with Crippen molar-refractivity contribution >= 4 is 61.0 Å².